The number of halogens is 1. The zero-order valence-corrected chi connectivity index (χ0v) is 17.2. The molecular weight excluding hydrogens is 388 g/mol. The van der Waals surface area contributed by atoms with Gasteiger partial charge in [-0.3, -0.25) is 14.3 Å². The Morgan fingerprint density at radius 1 is 1.32 bits per heavy atom. The van der Waals surface area contributed by atoms with Crippen LogP contribution < -0.4 is 5.32 Å². The third-order valence-corrected chi connectivity index (χ3v) is 4.72. The molecule has 1 aromatic heterocycles. The first-order chi connectivity index (χ1) is 13.5. The minimum Gasteiger partial charge on any atom is -0.382 e. The summed E-state index contributed by atoms with van der Waals surface area (Å²) in [4.78, 5) is 26.8. The molecule has 0 saturated carbocycles. The molecule has 9 nitrogen and oxygen atoms in total. The van der Waals surface area contributed by atoms with Gasteiger partial charge >= 0.3 is 0 Å². The zero-order valence-electron chi connectivity index (χ0n) is 16.5. The number of amides is 2. The Morgan fingerprint density at radius 2 is 2.07 bits per heavy atom. The highest BCUT2D eigenvalue weighted by Gasteiger charge is 2.31. The number of hydrogen-bond donors (Lipinski definition) is 1. The Morgan fingerprint density at radius 3 is 2.79 bits per heavy atom. The van der Waals surface area contributed by atoms with Crippen molar-refractivity contribution in [2.24, 2.45) is 7.05 Å². The molecule has 0 bridgehead atoms. The maximum Gasteiger partial charge on any atom is 0.249 e. The van der Waals surface area contributed by atoms with E-state index in [0.29, 0.717) is 43.5 Å². The highest BCUT2D eigenvalue weighted by Crippen LogP contribution is 2.20. The van der Waals surface area contributed by atoms with Crippen molar-refractivity contribution in [1.29, 1.82) is 0 Å². The summed E-state index contributed by atoms with van der Waals surface area (Å²) >= 11 is 6.21. The van der Waals surface area contributed by atoms with E-state index >= 15 is 0 Å². The lowest BCUT2D eigenvalue weighted by Crippen LogP contribution is -2.49. The van der Waals surface area contributed by atoms with Gasteiger partial charge in [0, 0.05) is 26.9 Å². The van der Waals surface area contributed by atoms with Gasteiger partial charge in [0.25, 0.3) is 0 Å². The molecule has 1 saturated heterocycles. The molecule has 2 rings (SSSR count). The summed E-state index contributed by atoms with van der Waals surface area (Å²) in [6.45, 7) is 2.27. The number of nitrogens with one attached hydrogen (secondary N) is 1. The summed E-state index contributed by atoms with van der Waals surface area (Å²) in [5.74, 6) is -0.429. The molecule has 0 unspecified atom stereocenters. The molecule has 2 amide bonds. The minimum atomic E-state index is -0.561. The van der Waals surface area contributed by atoms with Crippen molar-refractivity contribution < 1.29 is 23.8 Å². The fourth-order valence-corrected chi connectivity index (χ4v) is 3.21. The number of carbonyl (C=O) groups is 2. The van der Waals surface area contributed by atoms with E-state index in [1.54, 1.807) is 25.0 Å². The highest BCUT2D eigenvalue weighted by molar-refractivity contribution is 6.31. The highest BCUT2D eigenvalue weighted by atomic mass is 35.5. The van der Waals surface area contributed by atoms with Crippen LogP contribution in [-0.4, -0.2) is 79.2 Å². The van der Waals surface area contributed by atoms with Gasteiger partial charge in [0.1, 0.15) is 18.3 Å². The maximum atomic E-state index is 12.8. The van der Waals surface area contributed by atoms with Crippen molar-refractivity contribution in [3.8, 4) is 0 Å². The van der Waals surface area contributed by atoms with E-state index in [-0.39, 0.29) is 31.6 Å². The summed E-state index contributed by atoms with van der Waals surface area (Å²) in [5.41, 5.74) is 0.553. The quantitative estimate of drug-likeness (QED) is 0.535. The fourth-order valence-electron chi connectivity index (χ4n) is 2.97. The zero-order chi connectivity index (χ0) is 20.4. The van der Waals surface area contributed by atoms with Crippen LogP contribution in [0.2, 0.25) is 5.02 Å². The molecule has 1 aliphatic heterocycles. The third-order valence-electron chi connectivity index (χ3n) is 4.41. The Kier molecular flexibility index (Phi) is 9.69. The number of methoxy groups -OCH3 is 1. The predicted octanol–water partition coefficient (Wildman–Crippen LogP) is 0.750. The van der Waals surface area contributed by atoms with Crippen molar-refractivity contribution in [3.05, 3.63) is 16.9 Å². The third kappa shape index (κ3) is 7.05. The summed E-state index contributed by atoms with van der Waals surface area (Å²) < 4.78 is 17.2. The van der Waals surface area contributed by atoms with Crippen LogP contribution in [-0.2, 0) is 37.4 Å². The number of ether oxygens (including phenoxy) is 3. The number of aromatic nitrogens is 2. The van der Waals surface area contributed by atoms with E-state index in [4.69, 9.17) is 25.8 Å². The Bertz CT molecular complexity index is 639. The van der Waals surface area contributed by atoms with Crippen LogP contribution in [0.1, 0.15) is 25.0 Å². The smallest absolute Gasteiger partial charge is 0.249 e. The first-order valence-corrected chi connectivity index (χ1v) is 9.80. The molecule has 1 atom stereocenters. The second-order valence-corrected chi connectivity index (χ2v) is 6.99. The Balaban J connectivity index is 1.97. The summed E-state index contributed by atoms with van der Waals surface area (Å²) in [7, 11) is 3.36. The molecule has 158 valence electrons. The van der Waals surface area contributed by atoms with E-state index in [2.05, 4.69) is 10.4 Å². The van der Waals surface area contributed by atoms with Gasteiger partial charge in [0.2, 0.25) is 11.8 Å². The second kappa shape index (κ2) is 12.0. The first kappa shape index (κ1) is 22.6. The molecule has 2 heterocycles. The van der Waals surface area contributed by atoms with Crippen molar-refractivity contribution in [1.82, 2.24) is 20.0 Å². The van der Waals surface area contributed by atoms with Gasteiger partial charge in [-0.05, 0) is 19.3 Å². The fraction of sp³-hybridized carbons (Fsp3) is 0.722. The molecule has 0 aliphatic carbocycles. The molecule has 1 aromatic rings. The molecular formula is C18H29ClN4O5. The number of nitrogens with zero attached hydrogens (tertiary/aromatic N) is 3. The number of rotatable bonds is 11. The molecule has 0 spiro atoms. The van der Waals surface area contributed by atoms with E-state index in [1.165, 1.54) is 4.90 Å². The SMILES string of the molecule is COCCOCCOCC(=O)N(Cc1nn(C)cc1Cl)[C@H]1CCCCNC1=O. The van der Waals surface area contributed by atoms with Gasteiger partial charge in [-0.15, -0.1) is 0 Å². The number of aryl methyl sites for hydroxylation is 1. The Labute approximate surface area is 170 Å². The van der Waals surface area contributed by atoms with Crippen LogP contribution in [0.25, 0.3) is 0 Å². The predicted molar refractivity (Wildman–Crippen MR) is 103 cm³/mol. The molecule has 0 aromatic carbocycles. The van der Waals surface area contributed by atoms with Crippen LogP contribution in [0.15, 0.2) is 6.20 Å². The minimum absolute atomic E-state index is 0.137. The second-order valence-electron chi connectivity index (χ2n) is 6.58. The molecule has 1 aliphatic rings. The maximum absolute atomic E-state index is 12.8. The lowest BCUT2D eigenvalue weighted by molar-refractivity contribution is -0.145. The average molecular weight is 417 g/mol. The molecule has 28 heavy (non-hydrogen) atoms. The molecule has 1 fully saturated rings. The standard InChI is InChI=1S/C18H29ClN4O5/c1-22-11-14(19)15(21-22)12-23(16-5-3-4-6-20-18(16)25)17(24)13-28-10-9-27-8-7-26-2/h11,16H,3-10,12-13H2,1-2H3,(H,20,25)/t16-/m0/s1. The van der Waals surface area contributed by atoms with Gasteiger partial charge < -0.3 is 24.4 Å². The van der Waals surface area contributed by atoms with E-state index in [9.17, 15) is 9.59 Å². The van der Waals surface area contributed by atoms with Gasteiger partial charge in [-0.25, -0.2) is 0 Å². The lowest BCUT2D eigenvalue weighted by Gasteiger charge is -2.29. The summed E-state index contributed by atoms with van der Waals surface area (Å²) in [6.07, 6.45) is 4.02. The van der Waals surface area contributed by atoms with E-state index < -0.39 is 6.04 Å². The van der Waals surface area contributed by atoms with Crippen LogP contribution in [0.3, 0.4) is 0 Å². The van der Waals surface area contributed by atoms with Crippen LogP contribution >= 0.6 is 11.6 Å². The average Bonchev–Trinajstić information content (AvgIpc) is 2.84. The Hall–Kier alpha value is -1.68. The van der Waals surface area contributed by atoms with E-state index in [1.807, 2.05) is 0 Å². The molecule has 10 heteroatoms. The van der Waals surface area contributed by atoms with Gasteiger partial charge in [0.05, 0.1) is 38.0 Å². The van der Waals surface area contributed by atoms with Crippen molar-refractivity contribution >= 4 is 23.4 Å². The topological polar surface area (TPSA) is 94.9 Å². The van der Waals surface area contributed by atoms with Crippen molar-refractivity contribution in [2.45, 2.75) is 31.8 Å². The van der Waals surface area contributed by atoms with E-state index in [0.717, 1.165) is 12.8 Å². The summed E-state index contributed by atoms with van der Waals surface area (Å²) in [6, 6.07) is -0.561. The van der Waals surface area contributed by atoms with Crippen LogP contribution in [0.4, 0.5) is 0 Å². The first-order valence-electron chi connectivity index (χ1n) is 9.42. The molecule has 1 N–H and O–H groups in total. The van der Waals surface area contributed by atoms with Gasteiger partial charge in [-0.2, -0.15) is 5.10 Å². The normalized spacial score (nSPS) is 17.2. The lowest BCUT2D eigenvalue weighted by atomic mass is 10.1. The number of hydrogen-bond acceptors (Lipinski definition) is 6. The summed E-state index contributed by atoms with van der Waals surface area (Å²) in [5, 5.41) is 7.63. The largest absolute Gasteiger partial charge is 0.382 e. The monoisotopic (exact) mass is 416 g/mol. The number of carbonyl (C=O) groups excluding carboxylic acids is 2. The van der Waals surface area contributed by atoms with Crippen LogP contribution in [0.5, 0.6) is 0 Å². The molecule has 0 radical (unpaired) electrons. The van der Waals surface area contributed by atoms with Gasteiger partial charge in [-0.1, -0.05) is 11.6 Å². The van der Waals surface area contributed by atoms with Crippen molar-refractivity contribution in [3.63, 3.8) is 0 Å². The van der Waals surface area contributed by atoms with Gasteiger partial charge in [0.15, 0.2) is 0 Å². The van der Waals surface area contributed by atoms with Crippen molar-refractivity contribution in [2.75, 3.05) is 46.7 Å². The van der Waals surface area contributed by atoms with Crippen LogP contribution in [0, 0.1) is 0 Å².